The molecule has 0 aliphatic carbocycles. The molecule has 0 aromatic rings. The predicted octanol–water partition coefficient (Wildman–Crippen LogP) is 1.94. The molecule has 4 heteroatoms. The molecule has 104 valence electrons. The molecule has 0 aromatic carbocycles. The average Bonchev–Trinajstić information content (AvgIpc) is 2.29. The number of amides is 2. The van der Waals surface area contributed by atoms with E-state index >= 15 is 0 Å². The van der Waals surface area contributed by atoms with Crippen LogP contribution in [0.1, 0.15) is 52.9 Å². The van der Waals surface area contributed by atoms with Gasteiger partial charge in [0.2, 0.25) is 11.8 Å². The predicted molar refractivity (Wildman–Crippen MR) is 72.1 cm³/mol. The maximum absolute atomic E-state index is 11.7. The van der Waals surface area contributed by atoms with Crippen molar-refractivity contribution in [2.75, 3.05) is 13.1 Å². The number of likely N-dealkylation sites (tertiary alicyclic amines) is 1. The summed E-state index contributed by atoms with van der Waals surface area (Å²) in [5.41, 5.74) is 0. The quantitative estimate of drug-likeness (QED) is 0.815. The Morgan fingerprint density at radius 2 is 1.89 bits per heavy atom. The lowest BCUT2D eigenvalue weighted by Crippen LogP contribution is -2.46. The summed E-state index contributed by atoms with van der Waals surface area (Å²) in [6, 6.07) is 0.252. The summed E-state index contributed by atoms with van der Waals surface area (Å²) in [5, 5.41) is 3.06. The van der Waals surface area contributed by atoms with Gasteiger partial charge >= 0.3 is 0 Å². The lowest BCUT2D eigenvalue weighted by molar-refractivity contribution is -0.132. The molecule has 1 rings (SSSR count). The van der Waals surface area contributed by atoms with Gasteiger partial charge in [-0.05, 0) is 25.2 Å². The standard InChI is InChI=1S/C14H26N2O2/c1-4-5-14(18)16-8-6-12(7-9-16)15-13(17)10-11(2)3/h11-12H,4-10H2,1-3H3,(H,15,17). The second kappa shape index (κ2) is 7.39. The van der Waals surface area contributed by atoms with Crippen LogP contribution in [-0.2, 0) is 9.59 Å². The van der Waals surface area contributed by atoms with E-state index in [1.54, 1.807) is 0 Å². The smallest absolute Gasteiger partial charge is 0.222 e. The second-order valence-electron chi connectivity index (χ2n) is 5.57. The molecule has 1 aliphatic heterocycles. The maximum atomic E-state index is 11.7. The summed E-state index contributed by atoms with van der Waals surface area (Å²) < 4.78 is 0. The molecule has 1 heterocycles. The third-order valence-corrected chi connectivity index (χ3v) is 3.27. The van der Waals surface area contributed by atoms with Crippen LogP contribution in [0.3, 0.4) is 0 Å². The first-order valence-electron chi connectivity index (χ1n) is 7.10. The largest absolute Gasteiger partial charge is 0.353 e. The summed E-state index contributed by atoms with van der Waals surface area (Å²) >= 11 is 0. The Balaban J connectivity index is 2.27. The van der Waals surface area contributed by atoms with Crippen LogP contribution in [0.5, 0.6) is 0 Å². The molecule has 0 aromatic heterocycles. The van der Waals surface area contributed by atoms with Gasteiger partial charge in [0.15, 0.2) is 0 Å². The van der Waals surface area contributed by atoms with Crippen molar-refractivity contribution < 1.29 is 9.59 Å². The average molecular weight is 254 g/mol. The zero-order valence-corrected chi connectivity index (χ0v) is 11.9. The van der Waals surface area contributed by atoms with Crippen LogP contribution in [-0.4, -0.2) is 35.8 Å². The van der Waals surface area contributed by atoms with Gasteiger partial charge in [-0.15, -0.1) is 0 Å². The van der Waals surface area contributed by atoms with Crippen LogP contribution in [0, 0.1) is 5.92 Å². The monoisotopic (exact) mass is 254 g/mol. The molecule has 0 spiro atoms. The molecular weight excluding hydrogens is 228 g/mol. The molecule has 1 aliphatic rings. The van der Waals surface area contributed by atoms with Crippen LogP contribution in [0.2, 0.25) is 0 Å². The van der Waals surface area contributed by atoms with Gasteiger partial charge in [-0.1, -0.05) is 20.8 Å². The zero-order valence-electron chi connectivity index (χ0n) is 11.9. The fraction of sp³-hybridized carbons (Fsp3) is 0.857. The molecule has 0 radical (unpaired) electrons. The van der Waals surface area contributed by atoms with E-state index in [2.05, 4.69) is 5.32 Å². The molecule has 4 nitrogen and oxygen atoms in total. The number of piperidine rings is 1. The number of hydrogen-bond acceptors (Lipinski definition) is 2. The highest BCUT2D eigenvalue weighted by atomic mass is 16.2. The fourth-order valence-electron chi connectivity index (χ4n) is 2.30. The van der Waals surface area contributed by atoms with Crippen molar-refractivity contribution >= 4 is 11.8 Å². The van der Waals surface area contributed by atoms with Gasteiger partial charge in [-0.25, -0.2) is 0 Å². The van der Waals surface area contributed by atoms with E-state index in [-0.39, 0.29) is 17.9 Å². The first kappa shape index (κ1) is 15.0. The van der Waals surface area contributed by atoms with E-state index in [0.717, 1.165) is 32.4 Å². The minimum absolute atomic E-state index is 0.142. The summed E-state index contributed by atoms with van der Waals surface area (Å²) in [6.07, 6.45) is 3.92. The zero-order chi connectivity index (χ0) is 13.5. The number of carbonyl (C=O) groups is 2. The first-order valence-corrected chi connectivity index (χ1v) is 7.10. The van der Waals surface area contributed by atoms with E-state index in [9.17, 15) is 9.59 Å². The summed E-state index contributed by atoms with van der Waals surface area (Å²) in [6.45, 7) is 7.69. The van der Waals surface area contributed by atoms with Crippen LogP contribution in [0.25, 0.3) is 0 Å². The van der Waals surface area contributed by atoms with E-state index in [1.807, 2.05) is 25.7 Å². The number of nitrogens with one attached hydrogen (secondary N) is 1. The number of nitrogens with zero attached hydrogens (tertiary/aromatic N) is 1. The van der Waals surface area contributed by atoms with Crippen molar-refractivity contribution in [2.45, 2.75) is 58.9 Å². The third kappa shape index (κ3) is 5.07. The van der Waals surface area contributed by atoms with Gasteiger partial charge in [0, 0.05) is 32.0 Å². The lowest BCUT2D eigenvalue weighted by Gasteiger charge is -2.32. The van der Waals surface area contributed by atoms with Crippen LogP contribution in [0.15, 0.2) is 0 Å². The minimum atomic E-state index is 0.142. The van der Waals surface area contributed by atoms with E-state index in [1.165, 1.54) is 0 Å². The highest BCUT2D eigenvalue weighted by Crippen LogP contribution is 2.12. The normalized spacial score (nSPS) is 17.0. The second-order valence-corrected chi connectivity index (χ2v) is 5.57. The van der Waals surface area contributed by atoms with Crippen LogP contribution < -0.4 is 5.32 Å². The topological polar surface area (TPSA) is 49.4 Å². The molecule has 1 saturated heterocycles. The van der Waals surface area contributed by atoms with Crippen molar-refractivity contribution in [1.82, 2.24) is 10.2 Å². The molecule has 0 unspecified atom stereocenters. The molecule has 0 saturated carbocycles. The highest BCUT2D eigenvalue weighted by molar-refractivity contribution is 5.77. The molecular formula is C14H26N2O2. The molecule has 1 N–H and O–H groups in total. The summed E-state index contributed by atoms with van der Waals surface area (Å²) in [4.78, 5) is 25.3. The van der Waals surface area contributed by atoms with Crippen molar-refractivity contribution in [2.24, 2.45) is 5.92 Å². The van der Waals surface area contributed by atoms with E-state index in [0.29, 0.717) is 18.8 Å². The van der Waals surface area contributed by atoms with Gasteiger partial charge in [-0.3, -0.25) is 9.59 Å². The fourth-order valence-corrected chi connectivity index (χ4v) is 2.30. The highest BCUT2D eigenvalue weighted by Gasteiger charge is 2.23. The maximum Gasteiger partial charge on any atom is 0.222 e. The van der Waals surface area contributed by atoms with Gasteiger partial charge in [-0.2, -0.15) is 0 Å². The summed E-state index contributed by atoms with van der Waals surface area (Å²) in [7, 11) is 0. The summed E-state index contributed by atoms with van der Waals surface area (Å²) in [5.74, 6) is 0.795. The Hall–Kier alpha value is -1.06. The minimum Gasteiger partial charge on any atom is -0.353 e. The van der Waals surface area contributed by atoms with E-state index < -0.39 is 0 Å². The SMILES string of the molecule is CCCC(=O)N1CCC(NC(=O)CC(C)C)CC1. The molecule has 18 heavy (non-hydrogen) atoms. The number of hydrogen-bond donors (Lipinski definition) is 1. The van der Waals surface area contributed by atoms with Crippen molar-refractivity contribution in [1.29, 1.82) is 0 Å². The van der Waals surface area contributed by atoms with Crippen molar-refractivity contribution in [3.8, 4) is 0 Å². The Kier molecular flexibility index (Phi) is 6.16. The third-order valence-electron chi connectivity index (χ3n) is 3.27. The van der Waals surface area contributed by atoms with E-state index in [4.69, 9.17) is 0 Å². The van der Waals surface area contributed by atoms with Gasteiger partial charge in [0.1, 0.15) is 0 Å². The Bertz CT molecular complexity index is 282. The Labute approximate surface area is 110 Å². The van der Waals surface area contributed by atoms with Gasteiger partial charge in [0.25, 0.3) is 0 Å². The molecule has 0 bridgehead atoms. The number of carbonyl (C=O) groups excluding carboxylic acids is 2. The Morgan fingerprint density at radius 1 is 1.28 bits per heavy atom. The van der Waals surface area contributed by atoms with Gasteiger partial charge in [0.05, 0.1) is 0 Å². The Morgan fingerprint density at radius 3 is 2.39 bits per heavy atom. The molecule has 1 fully saturated rings. The van der Waals surface area contributed by atoms with Crippen LogP contribution >= 0.6 is 0 Å². The lowest BCUT2D eigenvalue weighted by atomic mass is 10.0. The molecule has 0 atom stereocenters. The van der Waals surface area contributed by atoms with Crippen LogP contribution in [0.4, 0.5) is 0 Å². The number of rotatable bonds is 5. The molecule has 2 amide bonds. The van der Waals surface area contributed by atoms with Crippen molar-refractivity contribution in [3.05, 3.63) is 0 Å². The van der Waals surface area contributed by atoms with Gasteiger partial charge < -0.3 is 10.2 Å². The van der Waals surface area contributed by atoms with Crippen molar-refractivity contribution in [3.63, 3.8) is 0 Å². The first-order chi connectivity index (χ1) is 8.52.